The van der Waals surface area contributed by atoms with Gasteiger partial charge < -0.3 is 4.90 Å². The molecule has 1 amide bonds. The lowest BCUT2D eigenvalue weighted by Gasteiger charge is -2.06. The molecule has 0 radical (unpaired) electrons. The lowest BCUT2D eigenvalue weighted by molar-refractivity contribution is -0.135. The van der Waals surface area contributed by atoms with E-state index in [1.165, 1.54) is 6.92 Å². The highest BCUT2D eigenvalue weighted by atomic mass is 16.2. The van der Waals surface area contributed by atoms with Crippen molar-refractivity contribution in [1.29, 1.82) is 0 Å². The molecule has 0 aliphatic carbocycles. The molecule has 3 heteroatoms. The molecule has 0 aromatic carbocycles. The van der Waals surface area contributed by atoms with Crippen LogP contribution in [0.3, 0.4) is 0 Å². The maximum absolute atomic E-state index is 11.1. The fourth-order valence-electron chi connectivity index (χ4n) is 1.20. The van der Waals surface area contributed by atoms with Crippen molar-refractivity contribution >= 4 is 11.7 Å². The Kier molecular flexibility index (Phi) is 1.74. The third-order valence-corrected chi connectivity index (χ3v) is 1.92. The summed E-state index contributed by atoms with van der Waals surface area (Å²) in [5.41, 5.74) is 0. The molecule has 0 aromatic heterocycles. The van der Waals surface area contributed by atoms with E-state index in [4.69, 9.17) is 0 Å². The van der Waals surface area contributed by atoms with Gasteiger partial charge in [-0.05, 0) is 13.3 Å². The third kappa shape index (κ3) is 1.03. The van der Waals surface area contributed by atoms with Crippen LogP contribution in [-0.4, -0.2) is 30.2 Å². The molecule has 0 spiro atoms. The predicted molar refractivity (Wildman–Crippen MR) is 36.4 cm³/mol. The molecule has 0 bridgehead atoms. The standard InChI is InChI=1S/C7H11NO2/c1-5(9)6-3-4-8(2)7(6)10/h6H,3-4H2,1-2H3. The van der Waals surface area contributed by atoms with Crippen LogP contribution in [0, 0.1) is 5.92 Å². The Hall–Kier alpha value is -0.860. The summed E-state index contributed by atoms with van der Waals surface area (Å²) in [6.45, 7) is 2.20. The van der Waals surface area contributed by atoms with Crippen molar-refractivity contribution in [3.8, 4) is 0 Å². The minimum atomic E-state index is -0.343. The van der Waals surface area contributed by atoms with Crippen LogP contribution in [0.15, 0.2) is 0 Å². The van der Waals surface area contributed by atoms with Gasteiger partial charge in [-0.3, -0.25) is 9.59 Å². The summed E-state index contributed by atoms with van der Waals surface area (Å²) in [5, 5.41) is 0. The van der Waals surface area contributed by atoms with Gasteiger partial charge >= 0.3 is 0 Å². The first-order chi connectivity index (χ1) is 4.63. The second kappa shape index (κ2) is 2.40. The van der Waals surface area contributed by atoms with Gasteiger partial charge in [-0.25, -0.2) is 0 Å². The van der Waals surface area contributed by atoms with Crippen molar-refractivity contribution in [2.45, 2.75) is 13.3 Å². The van der Waals surface area contributed by atoms with Gasteiger partial charge in [0.25, 0.3) is 0 Å². The minimum Gasteiger partial charge on any atom is -0.345 e. The van der Waals surface area contributed by atoms with E-state index in [-0.39, 0.29) is 17.6 Å². The van der Waals surface area contributed by atoms with E-state index in [0.29, 0.717) is 6.42 Å². The summed E-state index contributed by atoms with van der Waals surface area (Å²) in [6, 6.07) is 0. The Bertz CT molecular complexity index is 176. The Morgan fingerprint density at radius 1 is 1.70 bits per heavy atom. The zero-order valence-electron chi connectivity index (χ0n) is 6.26. The minimum absolute atomic E-state index is 0.00523. The monoisotopic (exact) mass is 141 g/mol. The van der Waals surface area contributed by atoms with Crippen LogP contribution in [0.2, 0.25) is 0 Å². The molecule has 1 heterocycles. The van der Waals surface area contributed by atoms with Gasteiger partial charge in [0.15, 0.2) is 0 Å². The summed E-state index contributed by atoms with van der Waals surface area (Å²) in [6.07, 6.45) is 0.699. The first-order valence-electron chi connectivity index (χ1n) is 3.38. The number of amides is 1. The fourth-order valence-corrected chi connectivity index (χ4v) is 1.20. The molecule has 1 aliphatic rings. The van der Waals surface area contributed by atoms with Crippen molar-refractivity contribution < 1.29 is 9.59 Å². The summed E-state index contributed by atoms with van der Waals surface area (Å²) >= 11 is 0. The fraction of sp³-hybridized carbons (Fsp3) is 0.714. The summed E-state index contributed by atoms with van der Waals surface area (Å²) in [7, 11) is 1.73. The van der Waals surface area contributed by atoms with Crippen LogP contribution in [0.4, 0.5) is 0 Å². The van der Waals surface area contributed by atoms with Gasteiger partial charge in [0.2, 0.25) is 5.91 Å². The quantitative estimate of drug-likeness (QED) is 0.484. The number of carbonyl (C=O) groups excluding carboxylic acids is 2. The molecule has 1 rings (SSSR count). The highest BCUT2D eigenvalue weighted by molar-refractivity contribution is 6.01. The molecule has 1 unspecified atom stereocenters. The second-order valence-corrected chi connectivity index (χ2v) is 2.71. The predicted octanol–water partition coefficient (Wildman–Crippen LogP) is 0.0537. The van der Waals surface area contributed by atoms with E-state index in [2.05, 4.69) is 0 Å². The van der Waals surface area contributed by atoms with E-state index in [1.807, 2.05) is 0 Å². The number of likely N-dealkylation sites (tertiary alicyclic amines) is 1. The van der Waals surface area contributed by atoms with Gasteiger partial charge in [0, 0.05) is 13.6 Å². The van der Waals surface area contributed by atoms with E-state index >= 15 is 0 Å². The van der Waals surface area contributed by atoms with E-state index in [9.17, 15) is 9.59 Å². The van der Waals surface area contributed by atoms with Crippen molar-refractivity contribution in [3.05, 3.63) is 0 Å². The Morgan fingerprint density at radius 2 is 2.30 bits per heavy atom. The van der Waals surface area contributed by atoms with Crippen LogP contribution in [-0.2, 0) is 9.59 Å². The van der Waals surface area contributed by atoms with Gasteiger partial charge in [0.1, 0.15) is 5.78 Å². The number of nitrogens with zero attached hydrogens (tertiary/aromatic N) is 1. The van der Waals surface area contributed by atoms with Crippen LogP contribution in [0.5, 0.6) is 0 Å². The van der Waals surface area contributed by atoms with Crippen molar-refractivity contribution in [2.75, 3.05) is 13.6 Å². The molecule has 1 aliphatic heterocycles. The Morgan fingerprint density at radius 3 is 2.50 bits per heavy atom. The van der Waals surface area contributed by atoms with Crippen molar-refractivity contribution in [3.63, 3.8) is 0 Å². The van der Waals surface area contributed by atoms with Crippen LogP contribution < -0.4 is 0 Å². The highest BCUT2D eigenvalue weighted by Crippen LogP contribution is 2.16. The molecule has 56 valence electrons. The van der Waals surface area contributed by atoms with Gasteiger partial charge in [0.05, 0.1) is 5.92 Å². The zero-order valence-corrected chi connectivity index (χ0v) is 6.26. The van der Waals surface area contributed by atoms with Crippen molar-refractivity contribution in [2.24, 2.45) is 5.92 Å². The normalized spacial score (nSPS) is 25.6. The second-order valence-electron chi connectivity index (χ2n) is 2.71. The first kappa shape index (κ1) is 7.25. The molecule has 10 heavy (non-hydrogen) atoms. The van der Waals surface area contributed by atoms with Crippen LogP contribution >= 0.6 is 0 Å². The first-order valence-corrected chi connectivity index (χ1v) is 3.38. The lowest BCUT2D eigenvalue weighted by Crippen LogP contribution is -2.25. The third-order valence-electron chi connectivity index (χ3n) is 1.92. The van der Waals surface area contributed by atoms with Gasteiger partial charge in [-0.15, -0.1) is 0 Å². The van der Waals surface area contributed by atoms with E-state index in [1.54, 1.807) is 11.9 Å². The van der Waals surface area contributed by atoms with Gasteiger partial charge in [-0.1, -0.05) is 0 Å². The molecule has 0 N–H and O–H groups in total. The molecule has 1 atom stereocenters. The average Bonchev–Trinajstić information content (AvgIpc) is 2.14. The number of hydrogen-bond acceptors (Lipinski definition) is 2. The molecule has 0 aromatic rings. The van der Waals surface area contributed by atoms with Crippen LogP contribution in [0.1, 0.15) is 13.3 Å². The zero-order chi connectivity index (χ0) is 7.72. The Labute approximate surface area is 60.0 Å². The maximum atomic E-state index is 11.1. The number of rotatable bonds is 1. The van der Waals surface area contributed by atoms with Crippen LogP contribution in [0.25, 0.3) is 0 Å². The number of carbonyl (C=O) groups is 2. The largest absolute Gasteiger partial charge is 0.345 e. The summed E-state index contributed by atoms with van der Waals surface area (Å²) < 4.78 is 0. The smallest absolute Gasteiger partial charge is 0.232 e. The topological polar surface area (TPSA) is 37.4 Å². The Balaban J connectivity index is 2.66. The molecule has 0 saturated carbocycles. The summed E-state index contributed by atoms with van der Waals surface area (Å²) in [4.78, 5) is 23.4. The molecule has 1 fully saturated rings. The number of hydrogen-bond donors (Lipinski definition) is 0. The van der Waals surface area contributed by atoms with Crippen molar-refractivity contribution in [1.82, 2.24) is 4.90 Å². The lowest BCUT2D eigenvalue weighted by atomic mass is 10.0. The highest BCUT2D eigenvalue weighted by Gasteiger charge is 2.31. The van der Waals surface area contributed by atoms with E-state index < -0.39 is 0 Å². The SMILES string of the molecule is CC(=O)C1CCN(C)C1=O. The summed E-state index contributed by atoms with van der Waals surface area (Å²) in [5.74, 6) is -0.369. The molecular formula is C7H11NO2. The molecule has 3 nitrogen and oxygen atoms in total. The number of ketones is 1. The average molecular weight is 141 g/mol. The molecule has 1 saturated heterocycles. The van der Waals surface area contributed by atoms with Gasteiger partial charge in [-0.2, -0.15) is 0 Å². The van der Waals surface area contributed by atoms with E-state index in [0.717, 1.165) is 6.54 Å². The molecular weight excluding hydrogens is 130 g/mol. The number of Topliss-reactive ketones (excluding diaryl/α,β-unsaturated/α-hetero) is 1. The maximum Gasteiger partial charge on any atom is 0.232 e.